The number of rotatable bonds is 4. The van der Waals surface area contributed by atoms with Gasteiger partial charge in [-0.15, -0.1) is 0 Å². The zero-order valence-corrected chi connectivity index (χ0v) is 10.5. The molecule has 0 radical (unpaired) electrons. The van der Waals surface area contributed by atoms with E-state index in [1.165, 1.54) is 12.5 Å². The van der Waals surface area contributed by atoms with Gasteiger partial charge in [-0.2, -0.15) is 0 Å². The Bertz CT molecular complexity index is 555. The minimum atomic E-state index is -0.0952. The van der Waals surface area contributed by atoms with E-state index in [4.69, 9.17) is 13.9 Å². The number of hydrogen-bond acceptors (Lipinski definition) is 4. The van der Waals surface area contributed by atoms with Crippen molar-refractivity contribution in [1.82, 2.24) is 0 Å². The summed E-state index contributed by atoms with van der Waals surface area (Å²) in [5.41, 5.74) is 1.93. The van der Waals surface area contributed by atoms with Crippen molar-refractivity contribution in [2.75, 3.05) is 14.2 Å². The summed E-state index contributed by atoms with van der Waals surface area (Å²) in [6.45, 7) is 1.86. The highest BCUT2D eigenvalue weighted by Gasteiger charge is 2.16. The van der Waals surface area contributed by atoms with Crippen molar-refractivity contribution >= 4 is 5.78 Å². The Morgan fingerprint density at radius 2 is 1.83 bits per heavy atom. The quantitative estimate of drug-likeness (QED) is 0.778. The number of ketones is 1. The summed E-state index contributed by atoms with van der Waals surface area (Å²) in [7, 11) is 3.11. The molecule has 1 heterocycles. The van der Waals surface area contributed by atoms with Gasteiger partial charge in [0, 0.05) is 5.56 Å². The molecule has 0 atom stereocenters. The highest BCUT2D eigenvalue weighted by molar-refractivity contribution is 6.10. The molecular formula is C14H14O4. The van der Waals surface area contributed by atoms with Crippen LogP contribution < -0.4 is 9.47 Å². The molecule has 0 aliphatic carbocycles. The molecule has 4 heteroatoms. The Hall–Kier alpha value is -2.23. The topological polar surface area (TPSA) is 48.7 Å². The van der Waals surface area contributed by atoms with Crippen LogP contribution in [0.25, 0.3) is 0 Å². The van der Waals surface area contributed by atoms with Gasteiger partial charge in [-0.25, -0.2) is 0 Å². The summed E-state index contributed by atoms with van der Waals surface area (Å²) in [6, 6.07) is 5.11. The van der Waals surface area contributed by atoms with Crippen molar-refractivity contribution in [3.63, 3.8) is 0 Å². The molecule has 0 bridgehead atoms. The van der Waals surface area contributed by atoms with Crippen molar-refractivity contribution in [3.8, 4) is 11.5 Å². The molecule has 0 saturated heterocycles. The van der Waals surface area contributed by atoms with Gasteiger partial charge < -0.3 is 13.9 Å². The number of ether oxygens (including phenoxy) is 2. The third-order valence-corrected chi connectivity index (χ3v) is 2.76. The minimum absolute atomic E-state index is 0.0952. The van der Waals surface area contributed by atoms with E-state index in [0.717, 1.165) is 5.56 Å². The Kier molecular flexibility index (Phi) is 3.37. The van der Waals surface area contributed by atoms with Gasteiger partial charge in [0.05, 0.1) is 26.0 Å². The van der Waals surface area contributed by atoms with E-state index in [2.05, 4.69) is 0 Å². The molecule has 1 aromatic carbocycles. The van der Waals surface area contributed by atoms with Gasteiger partial charge in [0.15, 0.2) is 17.3 Å². The highest BCUT2D eigenvalue weighted by Crippen LogP contribution is 2.31. The number of carbonyl (C=O) groups excluding carboxylic acids is 1. The fourth-order valence-electron chi connectivity index (χ4n) is 1.77. The van der Waals surface area contributed by atoms with Crippen molar-refractivity contribution in [3.05, 3.63) is 47.4 Å². The van der Waals surface area contributed by atoms with E-state index >= 15 is 0 Å². The maximum atomic E-state index is 12.2. The van der Waals surface area contributed by atoms with E-state index in [0.29, 0.717) is 22.6 Å². The predicted molar refractivity (Wildman–Crippen MR) is 66.4 cm³/mol. The first kappa shape index (κ1) is 12.2. The second-order valence-corrected chi connectivity index (χ2v) is 3.86. The Morgan fingerprint density at radius 1 is 1.17 bits per heavy atom. The monoisotopic (exact) mass is 246 g/mol. The largest absolute Gasteiger partial charge is 0.493 e. The van der Waals surface area contributed by atoms with Crippen LogP contribution in [0.1, 0.15) is 21.5 Å². The van der Waals surface area contributed by atoms with Gasteiger partial charge in [0.25, 0.3) is 0 Å². The maximum absolute atomic E-state index is 12.2. The van der Waals surface area contributed by atoms with Crippen molar-refractivity contribution in [1.29, 1.82) is 0 Å². The van der Waals surface area contributed by atoms with Gasteiger partial charge >= 0.3 is 0 Å². The lowest BCUT2D eigenvalue weighted by Crippen LogP contribution is -2.04. The summed E-state index contributed by atoms with van der Waals surface area (Å²) in [5, 5.41) is 0. The molecule has 0 fully saturated rings. The zero-order valence-electron chi connectivity index (χ0n) is 10.5. The van der Waals surface area contributed by atoms with E-state index < -0.39 is 0 Å². The molecule has 18 heavy (non-hydrogen) atoms. The summed E-state index contributed by atoms with van der Waals surface area (Å²) < 4.78 is 15.3. The van der Waals surface area contributed by atoms with Crippen molar-refractivity contribution in [2.24, 2.45) is 0 Å². The molecule has 0 amide bonds. The van der Waals surface area contributed by atoms with Crippen LogP contribution >= 0.6 is 0 Å². The van der Waals surface area contributed by atoms with Crippen LogP contribution in [0.3, 0.4) is 0 Å². The molecule has 0 spiro atoms. The van der Waals surface area contributed by atoms with Crippen molar-refractivity contribution < 1.29 is 18.7 Å². The van der Waals surface area contributed by atoms with E-state index in [1.807, 2.05) is 6.92 Å². The molecule has 94 valence electrons. The lowest BCUT2D eigenvalue weighted by Gasteiger charge is -2.11. The predicted octanol–water partition coefficient (Wildman–Crippen LogP) is 2.84. The first-order chi connectivity index (χ1) is 8.67. The Labute approximate surface area is 105 Å². The second kappa shape index (κ2) is 4.96. The molecule has 2 rings (SSSR count). The lowest BCUT2D eigenvalue weighted by atomic mass is 10.00. The fraction of sp³-hybridized carbons (Fsp3) is 0.214. The average Bonchev–Trinajstić information content (AvgIpc) is 2.91. The number of aryl methyl sites for hydroxylation is 1. The van der Waals surface area contributed by atoms with Gasteiger partial charge in [-0.05, 0) is 30.7 Å². The summed E-state index contributed by atoms with van der Waals surface area (Å²) >= 11 is 0. The van der Waals surface area contributed by atoms with Crippen LogP contribution in [-0.2, 0) is 0 Å². The zero-order chi connectivity index (χ0) is 13.1. The molecule has 0 saturated carbocycles. The molecule has 0 aliphatic heterocycles. The third kappa shape index (κ3) is 2.09. The molecule has 4 nitrogen and oxygen atoms in total. The van der Waals surface area contributed by atoms with Crippen LogP contribution in [-0.4, -0.2) is 20.0 Å². The molecular weight excluding hydrogens is 232 g/mol. The summed E-state index contributed by atoms with van der Waals surface area (Å²) in [4.78, 5) is 12.2. The number of hydrogen-bond donors (Lipinski definition) is 0. The molecule has 0 N–H and O–H groups in total. The average molecular weight is 246 g/mol. The highest BCUT2D eigenvalue weighted by atomic mass is 16.5. The van der Waals surface area contributed by atoms with Crippen LogP contribution in [0, 0.1) is 6.92 Å². The molecule has 1 aromatic heterocycles. The summed E-state index contributed by atoms with van der Waals surface area (Å²) in [6.07, 6.45) is 2.90. The first-order valence-corrected chi connectivity index (χ1v) is 5.47. The van der Waals surface area contributed by atoms with Crippen LogP contribution in [0.5, 0.6) is 11.5 Å². The van der Waals surface area contributed by atoms with E-state index in [1.54, 1.807) is 32.4 Å². The van der Waals surface area contributed by atoms with Gasteiger partial charge in [-0.1, -0.05) is 0 Å². The Morgan fingerprint density at radius 3 is 2.39 bits per heavy atom. The first-order valence-electron chi connectivity index (χ1n) is 5.47. The van der Waals surface area contributed by atoms with Crippen LogP contribution in [0.2, 0.25) is 0 Å². The standard InChI is InChI=1S/C14H14O4/c1-9-6-12(16-2)13(17-3)7-11(9)14(15)10-4-5-18-8-10/h4-8H,1-3H3. The number of furan rings is 1. The van der Waals surface area contributed by atoms with Gasteiger partial charge in [0.2, 0.25) is 0 Å². The van der Waals surface area contributed by atoms with Crippen LogP contribution in [0.4, 0.5) is 0 Å². The Balaban J connectivity index is 2.48. The van der Waals surface area contributed by atoms with E-state index in [9.17, 15) is 4.79 Å². The lowest BCUT2D eigenvalue weighted by molar-refractivity contribution is 0.103. The smallest absolute Gasteiger partial charge is 0.196 e. The number of methoxy groups -OCH3 is 2. The van der Waals surface area contributed by atoms with Crippen LogP contribution in [0.15, 0.2) is 35.1 Å². The minimum Gasteiger partial charge on any atom is -0.493 e. The molecule has 0 unspecified atom stereocenters. The van der Waals surface area contributed by atoms with Gasteiger partial charge in [-0.3, -0.25) is 4.79 Å². The summed E-state index contributed by atoms with van der Waals surface area (Å²) in [5.74, 6) is 1.05. The van der Waals surface area contributed by atoms with Gasteiger partial charge in [0.1, 0.15) is 6.26 Å². The molecule has 0 aliphatic rings. The second-order valence-electron chi connectivity index (χ2n) is 3.86. The molecule has 2 aromatic rings. The number of carbonyl (C=O) groups is 1. The SMILES string of the molecule is COc1cc(C)c(C(=O)c2ccoc2)cc1OC. The maximum Gasteiger partial charge on any atom is 0.196 e. The normalized spacial score (nSPS) is 10.2. The van der Waals surface area contributed by atoms with Crippen molar-refractivity contribution in [2.45, 2.75) is 6.92 Å². The fourth-order valence-corrected chi connectivity index (χ4v) is 1.77. The number of benzene rings is 1. The third-order valence-electron chi connectivity index (χ3n) is 2.76. The van der Waals surface area contributed by atoms with E-state index in [-0.39, 0.29) is 5.78 Å².